The number of nitrogens with one attached hydrogen (secondary N) is 3. The van der Waals surface area contributed by atoms with Crippen LogP contribution in [0.15, 0.2) is 23.2 Å². The van der Waals surface area contributed by atoms with Crippen LogP contribution in [0.4, 0.5) is 4.79 Å². The fourth-order valence-corrected chi connectivity index (χ4v) is 3.25. The Labute approximate surface area is 185 Å². The number of amides is 3. The first kappa shape index (κ1) is 24.6. The van der Waals surface area contributed by atoms with Gasteiger partial charge >= 0.3 is 12.0 Å². The molecule has 1 atom stereocenters. The van der Waals surface area contributed by atoms with Crippen molar-refractivity contribution in [3.05, 3.63) is 23.8 Å². The molecule has 0 aromatic heterocycles. The Balaban J connectivity index is 1.85. The van der Waals surface area contributed by atoms with E-state index >= 15 is 0 Å². The Hall–Kier alpha value is -3.70. The van der Waals surface area contributed by atoms with Crippen LogP contribution >= 0.6 is 0 Å². The van der Waals surface area contributed by atoms with Crippen molar-refractivity contribution in [3.63, 3.8) is 0 Å². The molecule has 1 aliphatic rings. The largest absolute Gasteiger partial charge is 0.507 e. The summed E-state index contributed by atoms with van der Waals surface area (Å²) in [6.07, 6.45) is 4.88. The first-order chi connectivity index (χ1) is 15.3. The molecule has 0 bridgehead atoms. The number of guanidine groups is 1. The van der Waals surface area contributed by atoms with Gasteiger partial charge in [0.2, 0.25) is 0 Å². The van der Waals surface area contributed by atoms with Crippen molar-refractivity contribution in [2.75, 3.05) is 19.7 Å². The Morgan fingerprint density at radius 3 is 2.53 bits per heavy atom. The van der Waals surface area contributed by atoms with Gasteiger partial charge < -0.3 is 42.4 Å². The van der Waals surface area contributed by atoms with Crippen LogP contribution in [0.1, 0.15) is 42.5 Å². The van der Waals surface area contributed by atoms with Gasteiger partial charge in [-0.25, -0.2) is 9.59 Å². The van der Waals surface area contributed by atoms with Gasteiger partial charge in [0.25, 0.3) is 5.91 Å². The molecule has 0 radical (unpaired) electrons. The highest BCUT2D eigenvalue weighted by Gasteiger charge is 2.23. The number of nitrogens with two attached hydrogens (primary N) is 2. The number of carbonyl (C=O) groups excluding carboxylic acids is 2. The zero-order chi connectivity index (χ0) is 23.5. The second-order valence-electron chi connectivity index (χ2n) is 7.39. The van der Waals surface area contributed by atoms with Crippen LogP contribution in [0, 0.1) is 0 Å². The third-order valence-electron chi connectivity index (χ3n) is 4.88. The molecule has 3 amide bonds. The Morgan fingerprint density at radius 1 is 1.19 bits per heavy atom. The number of aromatic hydroxyl groups is 1. The second kappa shape index (κ2) is 12.2. The third kappa shape index (κ3) is 8.20. The van der Waals surface area contributed by atoms with Gasteiger partial charge in [0.05, 0.1) is 12.1 Å². The van der Waals surface area contributed by atoms with Crippen LogP contribution in [0.2, 0.25) is 0 Å². The Bertz CT molecular complexity index is 836. The van der Waals surface area contributed by atoms with Crippen molar-refractivity contribution in [1.29, 1.82) is 0 Å². The third-order valence-corrected chi connectivity index (χ3v) is 4.88. The number of rotatable bonds is 10. The van der Waals surface area contributed by atoms with E-state index in [0.717, 1.165) is 32.1 Å². The average molecular weight is 450 g/mol. The van der Waals surface area contributed by atoms with Gasteiger partial charge in [0.1, 0.15) is 24.1 Å². The summed E-state index contributed by atoms with van der Waals surface area (Å²) < 4.78 is 5.37. The summed E-state index contributed by atoms with van der Waals surface area (Å²) in [7, 11) is 0. The number of carboxylic acid groups (broad SMARTS) is 1. The molecule has 2 rings (SSSR count). The van der Waals surface area contributed by atoms with Gasteiger partial charge in [-0.1, -0.05) is 19.3 Å². The molecule has 0 aliphatic heterocycles. The number of phenolic OH excluding ortho intramolecular Hbond substituents is 1. The van der Waals surface area contributed by atoms with Gasteiger partial charge in [-0.15, -0.1) is 0 Å². The van der Waals surface area contributed by atoms with Crippen molar-refractivity contribution in [3.8, 4) is 11.5 Å². The minimum atomic E-state index is -1.33. The highest BCUT2D eigenvalue weighted by atomic mass is 16.5. The van der Waals surface area contributed by atoms with Crippen LogP contribution < -0.4 is 32.2 Å². The molecule has 32 heavy (non-hydrogen) atoms. The van der Waals surface area contributed by atoms with Crippen molar-refractivity contribution >= 4 is 23.9 Å². The number of nitrogens with zero attached hydrogens (tertiary/aromatic N) is 1. The lowest BCUT2D eigenvalue weighted by Crippen LogP contribution is -2.53. The smallest absolute Gasteiger partial charge is 0.328 e. The number of aliphatic carboxylic acids is 1. The standard InChI is InChI=1S/C20H30N6O6/c21-19(22)23-8-9-32-13-6-7-14(16(27)10-13)17(28)24-11-15(18(29)30)26-20(31)25-12-4-2-1-3-5-12/h6-7,10,12,15,27H,1-5,8-9,11H2,(H,24,28)(H,29,30)(H4,21,22,23)(H2,25,26,31)/t15-/m0/s1. The van der Waals surface area contributed by atoms with Gasteiger partial charge in [0, 0.05) is 18.7 Å². The number of phenols is 1. The van der Waals surface area contributed by atoms with E-state index in [9.17, 15) is 24.6 Å². The molecule has 0 unspecified atom stereocenters. The van der Waals surface area contributed by atoms with E-state index in [1.165, 1.54) is 18.2 Å². The van der Waals surface area contributed by atoms with Crippen LogP contribution in [-0.4, -0.2) is 65.9 Å². The van der Waals surface area contributed by atoms with E-state index < -0.39 is 23.9 Å². The monoisotopic (exact) mass is 450 g/mol. The molecule has 176 valence electrons. The van der Waals surface area contributed by atoms with Crippen LogP contribution in [-0.2, 0) is 4.79 Å². The summed E-state index contributed by atoms with van der Waals surface area (Å²) >= 11 is 0. The topological polar surface area (TPSA) is 201 Å². The summed E-state index contributed by atoms with van der Waals surface area (Å²) in [5.41, 5.74) is 10.3. The molecule has 1 aromatic rings. The van der Waals surface area contributed by atoms with E-state index in [0.29, 0.717) is 5.75 Å². The van der Waals surface area contributed by atoms with E-state index in [4.69, 9.17) is 16.2 Å². The molecule has 1 fully saturated rings. The normalized spacial score (nSPS) is 14.6. The maximum Gasteiger partial charge on any atom is 0.328 e. The highest BCUT2D eigenvalue weighted by molar-refractivity contribution is 5.97. The van der Waals surface area contributed by atoms with E-state index in [2.05, 4.69) is 20.9 Å². The van der Waals surface area contributed by atoms with Gasteiger partial charge in [0.15, 0.2) is 5.96 Å². The average Bonchev–Trinajstić information content (AvgIpc) is 2.74. The molecule has 0 spiro atoms. The maximum absolute atomic E-state index is 12.4. The molecular weight excluding hydrogens is 420 g/mol. The summed E-state index contributed by atoms with van der Waals surface area (Å²) in [5, 5.41) is 27.0. The van der Waals surface area contributed by atoms with E-state index in [1.54, 1.807) is 0 Å². The van der Waals surface area contributed by atoms with Crippen LogP contribution in [0.5, 0.6) is 11.5 Å². The van der Waals surface area contributed by atoms with Crippen molar-refractivity contribution in [2.45, 2.75) is 44.2 Å². The molecule has 12 nitrogen and oxygen atoms in total. The lowest BCUT2D eigenvalue weighted by molar-refractivity contribution is -0.139. The number of carbonyl (C=O) groups is 3. The van der Waals surface area contributed by atoms with E-state index in [-0.39, 0.29) is 43.0 Å². The SMILES string of the molecule is NC(N)=NCCOc1ccc(C(=O)NC[C@H](NC(=O)NC2CCCCC2)C(=O)O)c(O)c1. The minimum absolute atomic E-state index is 0.0185. The van der Waals surface area contributed by atoms with Gasteiger partial charge in [-0.2, -0.15) is 0 Å². The maximum atomic E-state index is 12.4. The molecule has 9 N–H and O–H groups in total. The molecule has 12 heteroatoms. The molecule has 1 saturated carbocycles. The predicted octanol–water partition coefficient (Wildman–Crippen LogP) is -0.141. The number of benzene rings is 1. The summed E-state index contributed by atoms with van der Waals surface area (Å²) in [5.74, 6) is -2.11. The summed E-state index contributed by atoms with van der Waals surface area (Å²) in [6.45, 7) is 0.0312. The zero-order valence-electron chi connectivity index (χ0n) is 17.7. The molecule has 1 aliphatic carbocycles. The van der Waals surface area contributed by atoms with Gasteiger partial charge in [-0.3, -0.25) is 9.79 Å². The molecule has 0 heterocycles. The highest BCUT2D eigenvalue weighted by Crippen LogP contribution is 2.23. The minimum Gasteiger partial charge on any atom is -0.507 e. The number of carboxylic acids is 1. The van der Waals surface area contributed by atoms with Crippen molar-refractivity contribution < 1.29 is 29.3 Å². The molecular formula is C20H30N6O6. The first-order valence-electron chi connectivity index (χ1n) is 10.4. The lowest BCUT2D eigenvalue weighted by atomic mass is 9.96. The molecule has 1 aromatic carbocycles. The van der Waals surface area contributed by atoms with Crippen LogP contribution in [0.3, 0.4) is 0 Å². The summed E-state index contributed by atoms with van der Waals surface area (Å²) in [6, 6.07) is 2.14. The fraction of sp³-hybridized carbons (Fsp3) is 0.500. The van der Waals surface area contributed by atoms with E-state index in [1.807, 2.05) is 0 Å². The van der Waals surface area contributed by atoms with Crippen molar-refractivity contribution in [2.24, 2.45) is 16.5 Å². The number of hydrogen-bond donors (Lipinski definition) is 7. The number of ether oxygens (including phenoxy) is 1. The predicted molar refractivity (Wildman–Crippen MR) is 117 cm³/mol. The second-order valence-corrected chi connectivity index (χ2v) is 7.39. The molecule has 0 saturated heterocycles. The lowest BCUT2D eigenvalue weighted by Gasteiger charge is -2.24. The van der Waals surface area contributed by atoms with Gasteiger partial charge in [-0.05, 0) is 25.0 Å². The zero-order valence-corrected chi connectivity index (χ0v) is 17.7. The quantitative estimate of drug-likeness (QED) is 0.145. The number of aliphatic imine (C=N–C) groups is 1. The van der Waals surface area contributed by atoms with Crippen LogP contribution in [0.25, 0.3) is 0 Å². The Kier molecular flexibility index (Phi) is 9.39. The Morgan fingerprint density at radius 2 is 1.91 bits per heavy atom. The number of urea groups is 1. The first-order valence-corrected chi connectivity index (χ1v) is 10.4. The number of hydrogen-bond acceptors (Lipinski definition) is 6. The van der Waals surface area contributed by atoms with Crippen molar-refractivity contribution in [1.82, 2.24) is 16.0 Å². The fourth-order valence-electron chi connectivity index (χ4n) is 3.25. The summed E-state index contributed by atoms with van der Waals surface area (Å²) in [4.78, 5) is 39.7.